The van der Waals surface area contributed by atoms with Gasteiger partial charge >= 0.3 is 0 Å². The Morgan fingerprint density at radius 3 is 2.63 bits per heavy atom. The van der Waals surface area contributed by atoms with Crippen molar-refractivity contribution in [2.75, 3.05) is 6.54 Å². The molecule has 0 radical (unpaired) electrons. The Morgan fingerprint density at radius 2 is 2.05 bits per heavy atom. The largest absolute Gasteiger partial charge is 0.313 e. The first-order valence-electron chi connectivity index (χ1n) is 7.90. The summed E-state index contributed by atoms with van der Waals surface area (Å²) in [7, 11) is 2.09. The van der Waals surface area contributed by atoms with Crippen molar-refractivity contribution in [3.8, 4) is 0 Å². The smallest absolute Gasteiger partial charge is 0.0596 e. The van der Waals surface area contributed by atoms with Crippen molar-refractivity contribution in [3.63, 3.8) is 0 Å². The summed E-state index contributed by atoms with van der Waals surface area (Å²) in [5, 5.41) is 8.30. The molecule has 3 rings (SSSR count). The van der Waals surface area contributed by atoms with Crippen LogP contribution < -0.4 is 5.32 Å². The van der Waals surface area contributed by atoms with Crippen LogP contribution in [0.2, 0.25) is 0 Å². The third-order valence-electron chi connectivity index (χ3n) is 4.91. The fourth-order valence-corrected chi connectivity index (χ4v) is 3.58. The zero-order valence-corrected chi connectivity index (χ0v) is 12.4. The molecule has 2 aliphatic rings. The number of nitrogens with one attached hydrogen (secondary N) is 1. The SMILES string of the molecule is Cc1cc(CC2(CNC3CC3)CCCCC2)n(C)n1. The highest BCUT2D eigenvalue weighted by atomic mass is 15.3. The summed E-state index contributed by atoms with van der Waals surface area (Å²) in [4.78, 5) is 0. The van der Waals surface area contributed by atoms with Gasteiger partial charge in [-0.3, -0.25) is 4.68 Å². The highest BCUT2D eigenvalue weighted by Crippen LogP contribution is 2.39. The molecule has 3 nitrogen and oxygen atoms in total. The fourth-order valence-electron chi connectivity index (χ4n) is 3.58. The molecule has 1 aromatic rings. The molecule has 1 aromatic heterocycles. The Bertz CT molecular complexity index is 425. The van der Waals surface area contributed by atoms with Gasteiger partial charge in [-0.2, -0.15) is 5.10 Å². The van der Waals surface area contributed by atoms with Gasteiger partial charge < -0.3 is 5.32 Å². The highest BCUT2D eigenvalue weighted by molar-refractivity contribution is 5.12. The molecule has 2 fully saturated rings. The van der Waals surface area contributed by atoms with Gasteiger partial charge in [0.2, 0.25) is 0 Å². The van der Waals surface area contributed by atoms with Crippen molar-refractivity contribution < 1.29 is 0 Å². The molecule has 0 amide bonds. The molecule has 106 valence electrons. The second kappa shape index (κ2) is 5.28. The Hall–Kier alpha value is -0.830. The summed E-state index contributed by atoms with van der Waals surface area (Å²) in [6.45, 7) is 3.31. The van der Waals surface area contributed by atoms with Crippen molar-refractivity contribution in [2.24, 2.45) is 12.5 Å². The summed E-state index contributed by atoms with van der Waals surface area (Å²) in [5.41, 5.74) is 3.05. The summed E-state index contributed by atoms with van der Waals surface area (Å²) in [6.07, 6.45) is 11.0. The second-order valence-corrected chi connectivity index (χ2v) is 6.79. The Kier molecular flexibility index (Phi) is 3.66. The number of nitrogens with zero attached hydrogens (tertiary/aromatic N) is 2. The predicted octanol–water partition coefficient (Wildman–Crippen LogP) is 2.97. The molecule has 0 saturated heterocycles. The van der Waals surface area contributed by atoms with E-state index in [0.717, 1.165) is 11.7 Å². The van der Waals surface area contributed by atoms with Crippen LogP contribution in [0.1, 0.15) is 56.3 Å². The second-order valence-electron chi connectivity index (χ2n) is 6.79. The average Bonchev–Trinajstić information content (AvgIpc) is 3.16. The number of hydrogen-bond acceptors (Lipinski definition) is 2. The Morgan fingerprint density at radius 1 is 1.32 bits per heavy atom. The number of aryl methyl sites for hydroxylation is 2. The van der Waals surface area contributed by atoms with Crippen molar-refractivity contribution >= 4 is 0 Å². The van der Waals surface area contributed by atoms with Gasteiger partial charge in [0, 0.05) is 25.3 Å². The highest BCUT2D eigenvalue weighted by Gasteiger charge is 2.34. The fraction of sp³-hybridized carbons (Fsp3) is 0.812. The van der Waals surface area contributed by atoms with E-state index in [1.807, 2.05) is 0 Å². The summed E-state index contributed by atoms with van der Waals surface area (Å²) >= 11 is 0. The van der Waals surface area contributed by atoms with E-state index in [2.05, 4.69) is 35.1 Å². The van der Waals surface area contributed by atoms with E-state index in [-0.39, 0.29) is 0 Å². The van der Waals surface area contributed by atoms with E-state index in [4.69, 9.17) is 0 Å². The van der Waals surface area contributed by atoms with E-state index in [1.165, 1.54) is 63.6 Å². The molecule has 19 heavy (non-hydrogen) atoms. The van der Waals surface area contributed by atoms with Crippen molar-refractivity contribution in [1.29, 1.82) is 0 Å². The molecule has 0 aliphatic heterocycles. The van der Waals surface area contributed by atoms with Gasteiger partial charge in [0.15, 0.2) is 0 Å². The monoisotopic (exact) mass is 261 g/mol. The van der Waals surface area contributed by atoms with Crippen LogP contribution in [0, 0.1) is 12.3 Å². The Labute approximate surface area is 116 Å². The van der Waals surface area contributed by atoms with Gasteiger partial charge in [-0.05, 0) is 50.5 Å². The molecule has 3 heteroatoms. The minimum absolute atomic E-state index is 0.487. The summed E-state index contributed by atoms with van der Waals surface area (Å²) < 4.78 is 2.09. The van der Waals surface area contributed by atoms with Gasteiger partial charge in [-0.25, -0.2) is 0 Å². The molecule has 0 aromatic carbocycles. The maximum absolute atomic E-state index is 4.51. The van der Waals surface area contributed by atoms with Crippen LogP contribution >= 0.6 is 0 Å². The first-order valence-corrected chi connectivity index (χ1v) is 7.90. The van der Waals surface area contributed by atoms with Crippen molar-refractivity contribution in [2.45, 2.75) is 64.3 Å². The van der Waals surface area contributed by atoms with Crippen LogP contribution in [0.3, 0.4) is 0 Å². The van der Waals surface area contributed by atoms with Crippen LogP contribution in [-0.2, 0) is 13.5 Å². The van der Waals surface area contributed by atoms with Crippen molar-refractivity contribution in [1.82, 2.24) is 15.1 Å². The van der Waals surface area contributed by atoms with E-state index in [0.29, 0.717) is 5.41 Å². The number of aromatic nitrogens is 2. The van der Waals surface area contributed by atoms with Gasteiger partial charge in [-0.1, -0.05) is 19.3 Å². The lowest BCUT2D eigenvalue weighted by Gasteiger charge is -2.38. The van der Waals surface area contributed by atoms with Gasteiger partial charge in [-0.15, -0.1) is 0 Å². The maximum atomic E-state index is 4.51. The van der Waals surface area contributed by atoms with E-state index < -0.39 is 0 Å². The lowest BCUT2D eigenvalue weighted by molar-refractivity contribution is 0.176. The summed E-state index contributed by atoms with van der Waals surface area (Å²) in [5.74, 6) is 0. The van der Waals surface area contributed by atoms with Crippen LogP contribution in [0.4, 0.5) is 0 Å². The van der Waals surface area contributed by atoms with Crippen LogP contribution in [-0.4, -0.2) is 22.4 Å². The lowest BCUT2D eigenvalue weighted by atomic mass is 9.71. The summed E-state index contributed by atoms with van der Waals surface area (Å²) in [6, 6.07) is 3.10. The van der Waals surface area contributed by atoms with Crippen molar-refractivity contribution in [3.05, 3.63) is 17.5 Å². The molecule has 2 saturated carbocycles. The molecule has 0 unspecified atom stereocenters. The third kappa shape index (κ3) is 3.19. The predicted molar refractivity (Wildman–Crippen MR) is 78.2 cm³/mol. The molecule has 0 bridgehead atoms. The lowest BCUT2D eigenvalue weighted by Crippen LogP contribution is -2.39. The number of rotatable bonds is 5. The molecule has 0 atom stereocenters. The van der Waals surface area contributed by atoms with E-state index in [1.54, 1.807) is 0 Å². The minimum Gasteiger partial charge on any atom is -0.313 e. The maximum Gasteiger partial charge on any atom is 0.0596 e. The minimum atomic E-state index is 0.487. The zero-order valence-electron chi connectivity index (χ0n) is 12.4. The number of hydrogen-bond donors (Lipinski definition) is 1. The third-order valence-corrected chi connectivity index (χ3v) is 4.91. The molecular formula is C16H27N3. The topological polar surface area (TPSA) is 29.9 Å². The first kappa shape index (κ1) is 13.2. The van der Waals surface area contributed by atoms with Gasteiger partial charge in [0.05, 0.1) is 5.69 Å². The average molecular weight is 261 g/mol. The van der Waals surface area contributed by atoms with E-state index >= 15 is 0 Å². The normalized spacial score (nSPS) is 22.6. The van der Waals surface area contributed by atoms with Crippen LogP contribution in [0.15, 0.2) is 6.07 Å². The van der Waals surface area contributed by atoms with Crippen LogP contribution in [0.25, 0.3) is 0 Å². The molecule has 2 aliphatic carbocycles. The zero-order chi connectivity index (χ0) is 13.3. The van der Waals surface area contributed by atoms with Gasteiger partial charge in [0.1, 0.15) is 0 Å². The molecule has 1 N–H and O–H groups in total. The molecule has 1 heterocycles. The van der Waals surface area contributed by atoms with Crippen LogP contribution in [0.5, 0.6) is 0 Å². The quantitative estimate of drug-likeness (QED) is 0.883. The molecule has 0 spiro atoms. The molecular weight excluding hydrogens is 234 g/mol. The Balaban J connectivity index is 1.71. The first-order chi connectivity index (χ1) is 9.17. The van der Waals surface area contributed by atoms with Gasteiger partial charge in [0.25, 0.3) is 0 Å². The van der Waals surface area contributed by atoms with E-state index in [9.17, 15) is 0 Å². The standard InChI is InChI=1S/C16H27N3/c1-13-10-15(19(2)18-13)11-16(8-4-3-5-9-16)12-17-14-6-7-14/h10,14,17H,3-9,11-12H2,1-2H3.